The highest BCUT2D eigenvalue weighted by molar-refractivity contribution is 9.10. The van der Waals surface area contributed by atoms with Crippen molar-refractivity contribution < 1.29 is 42.9 Å². The molecule has 194 valence electrons. The quantitative estimate of drug-likeness (QED) is 0.332. The van der Waals surface area contributed by atoms with Crippen LogP contribution in [0.1, 0.15) is 45.3 Å². The Balaban J connectivity index is 1.97. The van der Waals surface area contributed by atoms with Crippen molar-refractivity contribution in [2.45, 2.75) is 64.8 Å². The van der Waals surface area contributed by atoms with Crippen LogP contribution in [0.4, 0.5) is 0 Å². The van der Waals surface area contributed by atoms with Gasteiger partial charge in [-0.25, -0.2) is 0 Å². The normalized spacial score (nSPS) is 23.4. The Hall–Kier alpha value is -3.39. The highest BCUT2D eigenvalue weighted by Crippen LogP contribution is 2.34. The zero-order valence-corrected chi connectivity index (χ0v) is 21.5. The Kier molecular flexibility index (Phi) is 9.09. The second kappa shape index (κ2) is 12.0. The standard InChI is InChI=1S/C22H25BrN4O9/c1-11(28)32-10-17-19(33-12(2)29)20(34-13(3)30)21(35-14(4)31)22(36-17)27-25-18(24-26-27)9-15-5-7-16(23)8-6-15/h5-8,17,19-22H,9-10H2,1-4H3. The van der Waals surface area contributed by atoms with E-state index in [1.165, 1.54) is 6.92 Å². The fourth-order valence-corrected chi connectivity index (χ4v) is 3.87. The Morgan fingerprint density at radius 2 is 1.47 bits per heavy atom. The van der Waals surface area contributed by atoms with E-state index in [0.717, 1.165) is 35.6 Å². The fourth-order valence-electron chi connectivity index (χ4n) is 3.61. The molecule has 0 bridgehead atoms. The van der Waals surface area contributed by atoms with E-state index in [4.69, 9.17) is 23.7 Å². The van der Waals surface area contributed by atoms with Gasteiger partial charge in [0.25, 0.3) is 0 Å². The monoisotopic (exact) mass is 568 g/mol. The first-order chi connectivity index (χ1) is 17.0. The summed E-state index contributed by atoms with van der Waals surface area (Å²) in [5.74, 6) is -2.45. The molecule has 0 amide bonds. The zero-order valence-electron chi connectivity index (χ0n) is 20.0. The lowest BCUT2D eigenvalue weighted by molar-refractivity contribution is -0.272. The van der Waals surface area contributed by atoms with Crippen LogP contribution in [0.15, 0.2) is 28.7 Å². The molecule has 1 aliphatic heterocycles. The van der Waals surface area contributed by atoms with Crippen LogP contribution in [-0.2, 0) is 49.3 Å². The zero-order chi connectivity index (χ0) is 26.4. The molecular weight excluding hydrogens is 544 g/mol. The van der Waals surface area contributed by atoms with Gasteiger partial charge in [-0.2, -0.15) is 0 Å². The smallest absolute Gasteiger partial charge is 0.303 e. The van der Waals surface area contributed by atoms with Gasteiger partial charge >= 0.3 is 23.9 Å². The highest BCUT2D eigenvalue weighted by atomic mass is 79.9. The number of halogens is 1. The first-order valence-electron chi connectivity index (χ1n) is 10.9. The van der Waals surface area contributed by atoms with Crippen LogP contribution in [0.2, 0.25) is 0 Å². The minimum absolute atomic E-state index is 0.338. The molecule has 1 fully saturated rings. The Labute approximate surface area is 214 Å². The minimum Gasteiger partial charge on any atom is -0.463 e. The third kappa shape index (κ3) is 7.31. The summed E-state index contributed by atoms with van der Waals surface area (Å²) >= 11 is 3.38. The Morgan fingerprint density at radius 3 is 2.06 bits per heavy atom. The van der Waals surface area contributed by atoms with E-state index in [1.54, 1.807) is 0 Å². The molecule has 5 atom stereocenters. The SMILES string of the molecule is CC(=O)OCC1OC(n2nnc(Cc3ccc(Br)cc3)n2)C(OC(C)=O)C(OC(C)=O)C1OC(C)=O. The Bertz CT molecular complexity index is 1110. The van der Waals surface area contributed by atoms with Crippen LogP contribution in [0.5, 0.6) is 0 Å². The van der Waals surface area contributed by atoms with Crippen LogP contribution in [-0.4, -0.2) is 75.1 Å². The van der Waals surface area contributed by atoms with E-state index in [1.807, 2.05) is 24.3 Å². The van der Waals surface area contributed by atoms with Gasteiger partial charge < -0.3 is 23.7 Å². The molecule has 5 unspecified atom stereocenters. The van der Waals surface area contributed by atoms with Gasteiger partial charge in [0.2, 0.25) is 6.23 Å². The van der Waals surface area contributed by atoms with Gasteiger partial charge in [0.15, 0.2) is 24.1 Å². The Morgan fingerprint density at radius 1 is 0.889 bits per heavy atom. The van der Waals surface area contributed by atoms with E-state index in [9.17, 15) is 19.2 Å². The van der Waals surface area contributed by atoms with Crippen molar-refractivity contribution >= 4 is 39.8 Å². The predicted octanol–water partition coefficient (Wildman–Crippen LogP) is 1.28. The highest BCUT2D eigenvalue weighted by Gasteiger charge is 2.53. The van der Waals surface area contributed by atoms with Crippen LogP contribution in [0, 0.1) is 0 Å². The first-order valence-corrected chi connectivity index (χ1v) is 11.7. The van der Waals surface area contributed by atoms with Crippen molar-refractivity contribution in [2.75, 3.05) is 6.61 Å². The van der Waals surface area contributed by atoms with Gasteiger partial charge in [-0.1, -0.05) is 28.1 Å². The summed E-state index contributed by atoms with van der Waals surface area (Å²) in [7, 11) is 0. The van der Waals surface area contributed by atoms with E-state index < -0.39 is 54.5 Å². The second-order valence-corrected chi connectivity index (χ2v) is 8.83. The molecule has 1 aliphatic rings. The number of nitrogens with zero attached hydrogens (tertiary/aromatic N) is 4. The van der Waals surface area contributed by atoms with E-state index >= 15 is 0 Å². The maximum atomic E-state index is 12.0. The molecule has 0 aliphatic carbocycles. The van der Waals surface area contributed by atoms with Gasteiger partial charge in [0.05, 0.1) is 0 Å². The average molecular weight is 569 g/mol. The summed E-state index contributed by atoms with van der Waals surface area (Å²) in [6.07, 6.45) is -5.93. The third-order valence-corrected chi connectivity index (χ3v) is 5.47. The molecule has 0 spiro atoms. The number of ether oxygens (including phenoxy) is 5. The topological polar surface area (TPSA) is 158 Å². The van der Waals surface area contributed by atoms with E-state index in [0.29, 0.717) is 12.2 Å². The number of hydrogen-bond acceptors (Lipinski definition) is 12. The molecule has 14 heteroatoms. The third-order valence-electron chi connectivity index (χ3n) is 4.94. The molecule has 0 saturated carbocycles. The van der Waals surface area contributed by atoms with Crippen molar-refractivity contribution in [1.29, 1.82) is 0 Å². The largest absolute Gasteiger partial charge is 0.463 e. The van der Waals surface area contributed by atoms with Crippen molar-refractivity contribution in [3.63, 3.8) is 0 Å². The number of esters is 4. The predicted molar refractivity (Wildman–Crippen MR) is 122 cm³/mol. The average Bonchev–Trinajstić information content (AvgIpc) is 3.24. The molecular formula is C22H25BrN4O9. The maximum absolute atomic E-state index is 12.0. The summed E-state index contributed by atoms with van der Waals surface area (Å²) < 4.78 is 28.2. The summed E-state index contributed by atoms with van der Waals surface area (Å²) in [6, 6.07) is 7.52. The summed E-state index contributed by atoms with van der Waals surface area (Å²) in [5, 5.41) is 12.4. The summed E-state index contributed by atoms with van der Waals surface area (Å²) in [4.78, 5) is 48.2. The number of hydrogen-bond donors (Lipinski definition) is 0. The van der Waals surface area contributed by atoms with Crippen molar-refractivity contribution in [1.82, 2.24) is 20.2 Å². The molecule has 1 aromatic carbocycles. The fraction of sp³-hybridized carbons (Fsp3) is 0.500. The van der Waals surface area contributed by atoms with Crippen molar-refractivity contribution in [3.05, 3.63) is 40.1 Å². The molecule has 1 saturated heterocycles. The number of rotatable bonds is 8. The number of carbonyl (C=O) groups is 4. The van der Waals surface area contributed by atoms with E-state index in [2.05, 4.69) is 31.3 Å². The van der Waals surface area contributed by atoms with Gasteiger partial charge in [0, 0.05) is 38.6 Å². The maximum Gasteiger partial charge on any atom is 0.303 e. The molecule has 36 heavy (non-hydrogen) atoms. The molecule has 2 aromatic rings. The van der Waals surface area contributed by atoms with Gasteiger partial charge in [-0.15, -0.1) is 15.0 Å². The van der Waals surface area contributed by atoms with E-state index in [-0.39, 0.29) is 6.61 Å². The second-order valence-electron chi connectivity index (χ2n) is 7.92. The van der Waals surface area contributed by atoms with Gasteiger partial charge in [0.1, 0.15) is 12.7 Å². The van der Waals surface area contributed by atoms with Crippen LogP contribution in [0.25, 0.3) is 0 Å². The first kappa shape index (κ1) is 27.2. The number of benzene rings is 1. The molecule has 0 radical (unpaired) electrons. The summed E-state index contributed by atoms with van der Waals surface area (Å²) in [5.41, 5.74) is 0.916. The number of aromatic nitrogens is 4. The molecule has 1 aromatic heterocycles. The molecule has 3 rings (SSSR count). The lowest BCUT2D eigenvalue weighted by Crippen LogP contribution is -2.60. The lowest BCUT2D eigenvalue weighted by Gasteiger charge is -2.43. The lowest BCUT2D eigenvalue weighted by atomic mass is 9.97. The van der Waals surface area contributed by atoms with Gasteiger partial charge in [-0.3, -0.25) is 19.2 Å². The minimum atomic E-state index is -1.32. The van der Waals surface area contributed by atoms with Gasteiger partial charge in [-0.05, 0) is 22.9 Å². The van der Waals surface area contributed by atoms with Crippen LogP contribution >= 0.6 is 15.9 Å². The van der Waals surface area contributed by atoms with Crippen molar-refractivity contribution in [3.8, 4) is 0 Å². The summed E-state index contributed by atoms with van der Waals surface area (Å²) in [6.45, 7) is 4.29. The molecule has 2 heterocycles. The molecule has 0 N–H and O–H groups in total. The number of carbonyl (C=O) groups excluding carboxylic acids is 4. The number of tetrazole rings is 1. The van der Waals surface area contributed by atoms with Crippen LogP contribution in [0.3, 0.4) is 0 Å². The molecule has 13 nitrogen and oxygen atoms in total. The van der Waals surface area contributed by atoms with Crippen LogP contribution < -0.4 is 0 Å². The van der Waals surface area contributed by atoms with Crippen molar-refractivity contribution in [2.24, 2.45) is 0 Å².